The van der Waals surface area contributed by atoms with Crippen molar-refractivity contribution < 1.29 is 14.9 Å². The molecule has 1 aliphatic heterocycles. The van der Waals surface area contributed by atoms with Gasteiger partial charge in [-0.15, -0.1) is 0 Å². The van der Waals surface area contributed by atoms with Crippen LogP contribution >= 0.6 is 0 Å². The Morgan fingerprint density at radius 2 is 1.82 bits per heavy atom. The van der Waals surface area contributed by atoms with Gasteiger partial charge in [0.25, 0.3) is 0 Å². The minimum absolute atomic E-state index is 0.140. The highest BCUT2D eigenvalue weighted by Crippen LogP contribution is 2.67. The minimum Gasteiger partial charge on any atom is -0.512 e. The molecule has 0 aromatic heterocycles. The van der Waals surface area contributed by atoms with Gasteiger partial charge in [-0.2, -0.15) is 0 Å². The normalized spacial score (nSPS) is 51.2. The molecule has 28 heavy (non-hydrogen) atoms. The lowest BCUT2D eigenvalue weighted by Gasteiger charge is -2.59. The van der Waals surface area contributed by atoms with Crippen LogP contribution in [0.4, 0.5) is 0 Å². The van der Waals surface area contributed by atoms with Crippen molar-refractivity contribution in [2.45, 2.75) is 78.2 Å². The Kier molecular flexibility index (Phi) is 4.52. The second-order valence-electron chi connectivity index (χ2n) is 11.1. The first-order chi connectivity index (χ1) is 13.3. The fourth-order valence-corrected chi connectivity index (χ4v) is 8.35. The molecule has 1 saturated heterocycles. The van der Waals surface area contributed by atoms with Crippen LogP contribution in [0.5, 0.6) is 0 Å². The molecule has 1 heterocycles. The molecular formula is C25H38O3. The van der Waals surface area contributed by atoms with Gasteiger partial charge in [-0.05, 0) is 85.0 Å². The second-order valence-corrected chi connectivity index (χ2v) is 11.1. The van der Waals surface area contributed by atoms with Gasteiger partial charge in [-0.3, -0.25) is 0 Å². The number of rotatable bonds is 1. The summed E-state index contributed by atoms with van der Waals surface area (Å²) in [5.74, 6) is 3.56. The van der Waals surface area contributed by atoms with Gasteiger partial charge in [0.2, 0.25) is 0 Å². The first-order valence-corrected chi connectivity index (χ1v) is 11.7. The molecule has 0 radical (unpaired) electrons. The zero-order valence-electron chi connectivity index (χ0n) is 17.9. The number of fused-ring (bicyclic) bond motifs is 5. The van der Waals surface area contributed by atoms with Gasteiger partial charge in [0, 0.05) is 18.9 Å². The van der Waals surface area contributed by atoms with E-state index in [-0.39, 0.29) is 16.9 Å². The molecule has 0 spiro atoms. The molecule has 0 bridgehead atoms. The van der Waals surface area contributed by atoms with Gasteiger partial charge in [0.05, 0.1) is 18.5 Å². The van der Waals surface area contributed by atoms with Gasteiger partial charge in [-0.1, -0.05) is 32.4 Å². The van der Waals surface area contributed by atoms with Crippen molar-refractivity contribution in [1.82, 2.24) is 0 Å². The Morgan fingerprint density at radius 3 is 2.57 bits per heavy atom. The van der Waals surface area contributed by atoms with Crippen LogP contribution in [0.15, 0.2) is 23.0 Å². The van der Waals surface area contributed by atoms with Crippen molar-refractivity contribution in [3.05, 3.63) is 23.0 Å². The largest absolute Gasteiger partial charge is 0.512 e. The van der Waals surface area contributed by atoms with E-state index in [1.165, 1.54) is 30.4 Å². The average molecular weight is 387 g/mol. The molecule has 0 amide bonds. The molecule has 2 saturated carbocycles. The van der Waals surface area contributed by atoms with Crippen molar-refractivity contribution in [3.8, 4) is 0 Å². The smallest absolute Gasteiger partial charge is 0.0927 e. The van der Waals surface area contributed by atoms with Gasteiger partial charge < -0.3 is 14.9 Å². The molecule has 8 atom stereocenters. The molecule has 3 unspecified atom stereocenters. The maximum absolute atomic E-state index is 11.1. The zero-order valence-corrected chi connectivity index (χ0v) is 17.9. The molecule has 3 nitrogen and oxygen atoms in total. The summed E-state index contributed by atoms with van der Waals surface area (Å²) in [6.07, 6.45) is 10.9. The lowest BCUT2D eigenvalue weighted by molar-refractivity contribution is -0.0534. The minimum atomic E-state index is -0.146. The number of hydrogen-bond donors (Lipinski definition) is 2. The number of allylic oxidation sites excluding steroid dienone is 2. The van der Waals surface area contributed by atoms with Gasteiger partial charge >= 0.3 is 0 Å². The van der Waals surface area contributed by atoms with Crippen molar-refractivity contribution in [3.63, 3.8) is 0 Å². The highest BCUT2D eigenvalue weighted by Gasteiger charge is 2.60. The number of ether oxygens (including phenoxy) is 1. The summed E-state index contributed by atoms with van der Waals surface area (Å²) >= 11 is 0. The Bertz CT molecular complexity index is 703. The van der Waals surface area contributed by atoms with Crippen LogP contribution in [-0.4, -0.2) is 29.5 Å². The van der Waals surface area contributed by atoms with Crippen molar-refractivity contribution in [2.75, 3.05) is 13.2 Å². The fourth-order valence-electron chi connectivity index (χ4n) is 8.35. The lowest BCUT2D eigenvalue weighted by Crippen LogP contribution is -2.52. The van der Waals surface area contributed by atoms with Gasteiger partial charge in [0.15, 0.2) is 0 Å². The first kappa shape index (κ1) is 19.2. The standard InChI is InChI=1S/C25H38O3/c1-15-11-17-12-18(26)6-8-24(17,2)19-7-9-25(3)20(22(15)19)13-21(27)23(25)16-5-4-10-28-14-16/h11,15-16,18-20,22,26-27H,4-10,12-14H2,1-3H3/t15?,16?,18?,19-,20+,22-,24+,25+/m1/s1. The predicted octanol–water partition coefficient (Wildman–Crippen LogP) is 5.40. The summed E-state index contributed by atoms with van der Waals surface area (Å²) in [7, 11) is 0. The third kappa shape index (κ3) is 2.61. The topological polar surface area (TPSA) is 49.7 Å². The van der Waals surface area contributed by atoms with E-state index in [4.69, 9.17) is 4.74 Å². The van der Waals surface area contributed by atoms with Crippen LogP contribution in [0.25, 0.3) is 0 Å². The Labute approximate surface area is 170 Å². The van der Waals surface area contributed by atoms with E-state index in [1.54, 1.807) is 0 Å². The first-order valence-electron chi connectivity index (χ1n) is 11.7. The van der Waals surface area contributed by atoms with Crippen molar-refractivity contribution in [2.24, 2.45) is 40.4 Å². The molecule has 156 valence electrons. The zero-order chi connectivity index (χ0) is 19.7. The van der Waals surface area contributed by atoms with E-state index < -0.39 is 0 Å². The van der Waals surface area contributed by atoms with Crippen molar-refractivity contribution in [1.29, 1.82) is 0 Å². The summed E-state index contributed by atoms with van der Waals surface area (Å²) in [6.45, 7) is 9.01. The molecule has 0 aromatic rings. The highest BCUT2D eigenvalue weighted by molar-refractivity contribution is 5.34. The SMILES string of the molecule is CC1C=C2CC(O)CC[C@]2(C)[C@@H]2CC[C@]3(C)C(C4CCCOC4)=C(O)C[C@H]3[C@H]12. The molecular weight excluding hydrogens is 348 g/mol. The highest BCUT2D eigenvalue weighted by atomic mass is 16.5. The molecule has 0 aromatic carbocycles. The van der Waals surface area contributed by atoms with E-state index in [0.717, 1.165) is 45.3 Å². The molecule has 3 heteroatoms. The lowest BCUT2D eigenvalue weighted by atomic mass is 9.45. The van der Waals surface area contributed by atoms with Crippen LogP contribution in [0.3, 0.4) is 0 Å². The van der Waals surface area contributed by atoms with Crippen LogP contribution in [0, 0.1) is 40.4 Å². The predicted molar refractivity (Wildman–Crippen MR) is 111 cm³/mol. The van der Waals surface area contributed by atoms with Crippen LogP contribution in [0.1, 0.15) is 72.1 Å². The number of aliphatic hydroxyl groups excluding tert-OH is 2. The number of hydrogen-bond acceptors (Lipinski definition) is 3. The van der Waals surface area contributed by atoms with E-state index in [0.29, 0.717) is 35.3 Å². The van der Waals surface area contributed by atoms with Crippen LogP contribution in [-0.2, 0) is 4.74 Å². The van der Waals surface area contributed by atoms with Crippen LogP contribution in [0.2, 0.25) is 0 Å². The van der Waals surface area contributed by atoms with Crippen molar-refractivity contribution >= 4 is 0 Å². The summed E-state index contributed by atoms with van der Waals surface area (Å²) in [5, 5.41) is 21.4. The molecule has 4 aliphatic carbocycles. The van der Waals surface area contributed by atoms with E-state index in [9.17, 15) is 10.2 Å². The monoisotopic (exact) mass is 386 g/mol. The van der Waals surface area contributed by atoms with E-state index in [1.807, 2.05) is 0 Å². The summed E-state index contributed by atoms with van der Waals surface area (Å²) in [5.41, 5.74) is 3.28. The maximum atomic E-state index is 11.1. The molecule has 2 N–H and O–H groups in total. The maximum Gasteiger partial charge on any atom is 0.0927 e. The molecule has 3 fully saturated rings. The Hall–Kier alpha value is -0.800. The van der Waals surface area contributed by atoms with E-state index in [2.05, 4.69) is 26.8 Å². The molecule has 5 aliphatic rings. The summed E-state index contributed by atoms with van der Waals surface area (Å²) in [6, 6.07) is 0. The van der Waals surface area contributed by atoms with E-state index >= 15 is 0 Å². The second kappa shape index (κ2) is 6.60. The fraction of sp³-hybridized carbons (Fsp3) is 0.840. The third-order valence-corrected chi connectivity index (χ3v) is 9.71. The average Bonchev–Trinajstić information content (AvgIpc) is 2.94. The van der Waals surface area contributed by atoms with Gasteiger partial charge in [-0.25, -0.2) is 0 Å². The Balaban J connectivity index is 1.49. The summed E-state index contributed by atoms with van der Waals surface area (Å²) < 4.78 is 5.81. The Morgan fingerprint density at radius 1 is 1.04 bits per heavy atom. The quantitative estimate of drug-likeness (QED) is 0.593. The van der Waals surface area contributed by atoms with Gasteiger partial charge in [0.1, 0.15) is 0 Å². The molecule has 5 rings (SSSR count). The third-order valence-electron chi connectivity index (χ3n) is 9.71. The number of aliphatic hydroxyl groups is 2. The summed E-state index contributed by atoms with van der Waals surface area (Å²) in [4.78, 5) is 0. The van der Waals surface area contributed by atoms with Crippen LogP contribution < -0.4 is 0 Å².